The Kier molecular flexibility index (Phi) is 2.95. The number of benzene rings is 3. The van der Waals surface area contributed by atoms with Crippen LogP contribution in [-0.4, -0.2) is 14.2 Å². The summed E-state index contributed by atoms with van der Waals surface area (Å²) in [4.78, 5) is 0. The highest BCUT2D eigenvalue weighted by molar-refractivity contribution is 5.71. The Labute approximate surface area is 145 Å². The number of ether oxygens (including phenoxy) is 4. The van der Waals surface area contributed by atoms with Crippen LogP contribution in [0, 0.1) is 0 Å². The van der Waals surface area contributed by atoms with E-state index < -0.39 is 0 Å². The predicted molar refractivity (Wildman–Crippen MR) is 93.5 cm³/mol. The van der Waals surface area contributed by atoms with Crippen LogP contribution in [0.1, 0.15) is 22.6 Å². The normalized spacial score (nSPS) is 13.7. The van der Waals surface area contributed by atoms with Crippen LogP contribution in [0.15, 0.2) is 54.6 Å². The van der Waals surface area contributed by atoms with Crippen LogP contribution in [0.3, 0.4) is 0 Å². The molecule has 0 aromatic heterocycles. The molecule has 2 aliphatic rings. The third-order valence-corrected chi connectivity index (χ3v) is 4.82. The second kappa shape index (κ2) is 5.18. The second-order valence-electron chi connectivity index (χ2n) is 6.05. The molecule has 3 aromatic carbocycles. The molecule has 124 valence electrons. The van der Waals surface area contributed by atoms with Crippen molar-refractivity contribution in [3.8, 4) is 34.5 Å². The van der Waals surface area contributed by atoms with E-state index in [0.717, 1.165) is 51.2 Å². The van der Waals surface area contributed by atoms with Crippen molar-refractivity contribution >= 4 is 0 Å². The smallest absolute Gasteiger partial charge is 0.135 e. The summed E-state index contributed by atoms with van der Waals surface area (Å²) < 4.78 is 23.6. The maximum absolute atomic E-state index is 6.15. The zero-order valence-electron chi connectivity index (χ0n) is 13.9. The van der Waals surface area contributed by atoms with Crippen molar-refractivity contribution in [1.82, 2.24) is 0 Å². The highest BCUT2D eigenvalue weighted by Gasteiger charge is 2.40. The first-order chi connectivity index (χ1) is 12.3. The monoisotopic (exact) mass is 332 g/mol. The van der Waals surface area contributed by atoms with E-state index in [-0.39, 0.29) is 5.92 Å². The Morgan fingerprint density at radius 3 is 1.44 bits per heavy atom. The van der Waals surface area contributed by atoms with E-state index in [1.807, 2.05) is 54.6 Å². The molecule has 0 spiro atoms. The third-order valence-electron chi connectivity index (χ3n) is 4.82. The fraction of sp³-hybridized carbons (Fsp3) is 0.143. The van der Waals surface area contributed by atoms with Gasteiger partial charge in [0, 0.05) is 16.7 Å². The van der Waals surface area contributed by atoms with Gasteiger partial charge >= 0.3 is 0 Å². The Morgan fingerprint density at radius 1 is 0.600 bits per heavy atom. The van der Waals surface area contributed by atoms with E-state index in [1.54, 1.807) is 14.2 Å². The quantitative estimate of drug-likeness (QED) is 0.451. The van der Waals surface area contributed by atoms with Gasteiger partial charge < -0.3 is 18.9 Å². The topological polar surface area (TPSA) is 36.9 Å². The summed E-state index contributed by atoms with van der Waals surface area (Å²) >= 11 is 0. The second-order valence-corrected chi connectivity index (χ2v) is 6.05. The summed E-state index contributed by atoms with van der Waals surface area (Å²) in [7, 11) is 3.36. The van der Waals surface area contributed by atoms with Gasteiger partial charge in [-0.25, -0.2) is 0 Å². The van der Waals surface area contributed by atoms with Gasteiger partial charge in [0.2, 0.25) is 0 Å². The molecule has 0 saturated carbocycles. The molecule has 0 amide bonds. The summed E-state index contributed by atoms with van der Waals surface area (Å²) in [6.45, 7) is 0. The van der Waals surface area contributed by atoms with Crippen molar-refractivity contribution in [3.63, 3.8) is 0 Å². The molecule has 0 saturated heterocycles. The molecular weight excluding hydrogens is 316 g/mol. The van der Waals surface area contributed by atoms with Crippen molar-refractivity contribution in [2.75, 3.05) is 14.2 Å². The minimum Gasteiger partial charge on any atom is -0.496 e. The maximum Gasteiger partial charge on any atom is 0.135 e. The average Bonchev–Trinajstić information content (AvgIpc) is 2.66. The standard InChI is InChI=1S/C21H16O4/c1-22-12-6-3-8-14-18(12)21-19-13(23-2)7-4-9-15(19)25-17-11-5-10-16(24-14)20(17)21/h3-11,21H,1-2H3. The number of rotatable bonds is 2. The SMILES string of the molecule is COc1cccc2c1C1c3c(OC)cccc3Oc3cccc(c31)O2. The molecule has 0 radical (unpaired) electrons. The highest BCUT2D eigenvalue weighted by atomic mass is 16.5. The fourth-order valence-corrected chi connectivity index (χ4v) is 3.81. The van der Waals surface area contributed by atoms with Gasteiger partial charge in [0.25, 0.3) is 0 Å². The zero-order chi connectivity index (χ0) is 17.0. The Hall–Kier alpha value is -3.14. The van der Waals surface area contributed by atoms with Crippen molar-refractivity contribution in [1.29, 1.82) is 0 Å². The molecule has 25 heavy (non-hydrogen) atoms. The minimum absolute atomic E-state index is 0.0639. The lowest BCUT2D eigenvalue weighted by atomic mass is 9.79. The number of hydrogen-bond donors (Lipinski definition) is 0. The first-order valence-electron chi connectivity index (χ1n) is 8.14. The van der Waals surface area contributed by atoms with Crippen LogP contribution in [0.5, 0.6) is 34.5 Å². The molecule has 2 heterocycles. The molecule has 0 atom stereocenters. The van der Waals surface area contributed by atoms with Crippen LogP contribution >= 0.6 is 0 Å². The van der Waals surface area contributed by atoms with Crippen molar-refractivity contribution in [2.45, 2.75) is 5.92 Å². The first kappa shape index (κ1) is 14.2. The summed E-state index contributed by atoms with van der Waals surface area (Å²) in [5, 5.41) is 0. The number of fused-ring (bicyclic) bond motifs is 4. The van der Waals surface area contributed by atoms with Gasteiger partial charge in [-0.1, -0.05) is 18.2 Å². The maximum atomic E-state index is 6.15. The van der Waals surface area contributed by atoms with Gasteiger partial charge in [-0.2, -0.15) is 0 Å². The van der Waals surface area contributed by atoms with Gasteiger partial charge in [0.1, 0.15) is 34.5 Å². The average molecular weight is 332 g/mol. The van der Waals surface area contributed by atoms with Crippen LogP contribution in [0.25, 0.3) is 0 Å². The predicted octanol–water partition coefficient (Wildman–Crippen LogP) is 5.10. The lowest BCUT2D eigenvalue weighted by Crippen LogP contribution is -2.18. The highest BCUT2D eigenvalue weighted by Crippen LogP contribution is 2.59. The van der Waals surface area contributed by atoms with E-state index in [2.05, 4.69) is 0 Å². The molecule has 0 unspecified atom stereocenters. The Bertz CT molecular complexity index is 917. The van der Waals surface area contributed by atoms with Gasteiger partial charge in [-0.15, -0.1) is 0 Å². The van der Waals surface area contributed by atoms with Crippen molar-refractivity contribution in [3.05, 3.63) is 71.3 Å². The third kappa shape index (κ3) is 1.88. The molecular formula is C21H16O4. The molecule has 0 fully saturated rings. The molecule has 4 heteroatoms. The van der Waals surface area contributed by atoms with Crippen LogP contribution < -0.4 is 18.9 Å². The molecule has 0 bridgehead atoms. The fourth-order valence-electron chi connectivity index (χ4n) is 3.81. The van der Waals surface area contributed by atoms with Gasteiger partial charge in [0.05, 0.1) is 20.1 Å². The minimum atomic E-state index is -0.0639. The van der Waals surface area contributed by atoms with Crippen molar-refractivity contribution < 1.29 is 18.9 Å². The lowest BCUT2D eigenvalue weighted by Gasteiger charge is -2.35. The van der Waals surface area contributed by atoms with Gasteiger partial charge in [-0.3, -0.25) is 0 Å². The molecule has 0 aliphatic carbocycles. The van der Waals surface area contributed by atoms with Crippen molar-refractivity contribution in [2.24, 2.45) is 0 Å². The summed E-state index contributed by atoms with van der Waals surface area (Å²) in [5.74, 6) is 4.73. The molecule has 5 rings (SSSR count). The van der Waals surface area contributed by atoms with Crippen LogP contribution in [-0.2, 0) is 0 Å². The summed E-state index contributed by atoms with van der Waals surface area (Å²) in [6, 6.07) is 17.6. The van der Waals surface area contributed by atoms with Gasteiger partial charge in [0.15, 0.2) is 0 Å². The van der Waals surface area contributed by atoms with E-state index in [0.29, 0.717) is 0 Å². The van der Waals surface area contributed by atoms with E-state index in [9.17, 15) is 0 Å². The Balaban J connectivity index is 1.89. The summed E-state index contributed by atoms with van der Waals surface area (Å²) in [6.07, 6.45) is 0. The summed E-state index contributed by atoms with van der Waals surface area (Å²) in [5.41, 5.74) is 3.01. The van der Waals surface area contributed by atoms with E-state index in [1.165, 1.54) is 0 Å². The van der Waals surface area contributed by atoms with E-state index in [4.69, 9.17) is 18.9 Å². The first-order valence-corrected chi connectivity index (χ1v) is 8.14. The number of methoxy groups -OCH3 is 2. The molecule has 2 aliphatic heterocycles. The lowest BCUT2D eigenvalue weighted by molar-refractivity contribution is 0.368. The van der Waals surface area contributed by atoms with E-state index >= 15 is 0 Å². The molecule has 3 aromatic rings. The molecule has 0 N–H and O–H groups in total. The number of hydrogen-bond acceptors (Lipinski definition) is 4. The molecule has 4 nitrogen and oxygen atoms in total. The van der Waals surface area contributed by atoms with Crippen LogP contribution in [0.4, 0.5) is 0 Å². The van der Waals surface area contributed by atoms with Crippen LogP contribution in [0.2, 0.25) is 0 Å². The van der Waals surface area contributed by atoms with Gasteiger partial charge in [-0.05, 0) is 36.4 Å². The Morgan fingerprint density at radius 2 is 1.00 bits per heavy atom. The zero-order valence-corrected chi connectivity index (χ0v) is 13.9. The largest absolute Gasteiger partial charge is 0.496 e.